The lowest BCUT2D eigenvalue weighted by molar-refractivity contribution is -0.139. The van der Waals surface area contributed by atoms with Crippen molar-refractivity contribution >= 4 is 50.7 Å². The van der Waals surface area contributed by atoms with Gasteiger partial charge in [-0.05, 0) is 55.2 Å². The van der Waals surface area contributed by atoms with Crippen molar-refractivity contribution in [2.45, 2.75) is 46.2 Å². The molecule has 186 valence electrons. The van der Waals surface area contributed by atoms with Gasteiger partial charge >= 0.3 is 0 Å². The van der Waals surface area contributed by atoms with Crippen LogP contribution in [0.1, 0.15) is 38.3 Å². The number of amides is 2. The van der Waals surface area contributed by atoms with E-state index < -0.39 is 28.5 Å². The van der Waals surface area contributed by atoms with Gasteiger partial charge in [0, 0.05) is 13.1 Å². The molecule has 10 heteroatoms. The number of sulfonamides is 1. The van der Waals surface area contributed by atoms with Crippen molar-refractivity contribution in [3.05, 3.63) is 63.6 Å². The molecule has 0 heterocycles. The third-order valence-electron chi connectivity index (χ3n) is 5.37. The number of carbonyl (C=O) groups is 2. The van der Waals surface area contributed by atoms with E-state index in [4.69, 9.17) is 23.2 Å². The molecule has 0 bridgehead atoms. The summed E-state index contributed by atoms with van der Waals surface area (Å²) in [6.45, 7) is 5.62. The summed E-state index contributed by atoms with van der Waals surface area (Å²) in [5.74, 6) is -0.844. The van der Waals surface area contributed by atoms with Gasteiger partial charge in [0.25, 0.3) is 0 Å². The Kier molecular flexibility index (Phi) is 10.2. The van der Waals surface area contributed by atoms with Gasteiger partial charge < -0.3 is 10.2 Å². The van der Waals surface area contributed by atoms with Crippen LogP contribution in [0.5, 0.6) is 0 Å². The van der Waals surface area contributed by atoms with E-state index in [1.807, 2.05) is 26.0 Å². The molecule has 0 aliphatic carbocycles. The highest BCUT2D eigenvalue weighted by atomic mass is 35.5. The van der Waals surface area contributed by atoms with Gasteiger partial charge in [0.2, 0.25) is 21.8 Å². The van der Waals surface area contributed by atoms with Gasteiger partial charge in [-0.25, -0.2) is 8.42 Å². The quantitative estimate of drug-likeness (QED) is 0.472. The second kappa shape index (κ2) is 12.4. The summed E-state index contributed by atoms with van der Waals surface area (Å²) in [5, 5.41) is 3.48. The molecule has 0 saturated carbocycles. The lowest BCUT2D eigenvalue weighted by atomic mass is 10.1. The van der Waals surface area contributed by atoms with Gasteiger partial charge in [-0.1, -0.05) is 55.2 Å². The maximum Gasteiger partial charge on any atom is 0.244 e. The Morgan fingerprint density at radius 3 is 2.15 bits per heavy atom. The molecule has 2 rings (SSSR count). The Balaban J connectivity index is 2.38. The molecule has 0 radical (unpaired) electrons. The van der Waals surface area contributed by atoms with Gasteiger partial charge in [0.05, 0.1) is 22.0 Å². The van der Waals surface area contributed by atoms with Crippen LogP contribution in [0.25, 0.3) is 0 Å². The monoisotopic (exact) mass is 527 g/mol. The van der Waals surface area contributed by atoms with Gasteiger partial charge in [-0.15, -0.1) is 0 Å². The Hall–Kier alpha value is -2.29. The molecule has 2 amide bonds. The van der Waals surface area contributed by atoms with Crippen molar-refractivity contribution in [2.75, 3.05) is 23.7 Å². The number of halogens is 2. The molecule has 0 fully saturated rings. The highest BCUT2D eigenvalue weighted by molar-refractivity contribution is 7.92. The molecule has 2 aromatic rings. The van der Waals surface area contributed by atoms with Crippen molar-refractivity contribution in [1.82, 2.24) is 10.2 Å². The molecule has 0 spiro atoms. The number of hydrogen-bond donors (Lipinski definition) is 1. The molecule has 0 unspecified atom stereocenters. The van der Waals surface area contributed by atoms with Crippen LogP contribution < -0.4 is 9.62 Å². The Morgan fingerprint density at radius 1 is 1.00 bits per heavy atom. The first kappa shape index (κ1) is 28.0. The van der Waals surface area contributed by atoms with Gasteiger partial charge in [-0.3, -0.25) is 13.9 Å². The van der Waals surface area contributed by atoms with Crippen LogP contribution in [0.15, 0.2) is 42.5 Å². The van der Waals surface area contributed by atoms with Crippen LogP contribution >= 0.6 is 23.2 Å². The van der Waals surface area contributed by atoms with Gasteiger partial charge in [0.15, 0.2) is 0 Å². The minimum absolute atomic E-state index is 0.0583. The standard InChI is InChI=1S/C24H31Cl2N3O4S/c1-5-13-27-24(31)17(3)28(15-19-9-12-21(25)22(26)14-19)23(30)16-29(34(4,32)33)20-10-7-18(6-2)8-11-20/h7-12,14,17H,5-6,13,15-16H2,1-4H3,(H,27,31)/t17-/m0/s1. The number of benzene rings is 2. The van der Waals surface area contributed by atoms with E-state index >= 15 is 0 Å². The fourth-order valence-corrected chi connectivity index (χ4v) is 4.50. The molecule has 1 atom stereocenters. The zero-order valence-electron chi connectivity index (χ0n) is 19.8. The maximum absolute atomic E-state index is 13.5. The zero-order valence-corrected chi connectivity index (χ0v) is 22.2. The average molecular weight is 529 g/mol. The molecule has 2 aromatic carbocycles. The van der Waals surface area contributed by atoms with Crippen LogP contribution in [0, 0.1) is 0 Å². The highest BCUT2D eigenvalue weighted by Crippen LogP contribution is 2.24. The second-order valence-electron chi connectivity index (χ2n) is 8.03. The fraction of sp³-hybridized carbons (Fsp3) is 0.417. The fourth-order valence-electron chi connectivity index (χ4n) is 3.32. The number of hydrogen-bond acceptors (Lipinski definition) is 4. The van der Waals surface area contributed by atoms with Crippen molar-refractivity contribution < 1.29 is 18.0 Å². The molecule has 0 aromatic heterocycles. The first-order valence-electron chi connectivity index (χ1n) is 11.1. The molecule has 7 nitrogen and oxygen atoms in total. The number of nitrogens with one attached hydrogen (secondary N) is 1. The molecule has 0 saturated heterocycles. The predicted molar refractivity (Wildman–Crippen MR) is 138 cm³/mol. The first-order chi connectivity index (χ1) is 16.0. The summed E-state index contributed by atoms with van der Waals surface area (Å²) in [7, 11) is -3.76. The normalized spacial score (nSPS) is 12.2. The minimum Gasteiger partial charge on any atom is -0.354 e. The number of anilines is 1. The summed E-state index contributed by atoms with van der Waals surface area (Å²) in [5.41, 5.74) is 2.09. The SMILES string of the molecule is CCCNC(=O)[C@H](C)N(Cc1ccc(Cl)c(Cl)c1)C(=O)CN(c1ccc(CC)cc1)S(C)(=O)=O. The molecular weight excluding hydrogens is 497 g/mol. The summed E-state index contributed by atoms with van der Waals surface area (Å²) in [6.07, 6.45) is 2.60. The summed E-state index contributed by atoms with van der Waals surface area (Å²) in [4.78, 5) is 27.5. The first-order valence-corrected chi connectivity index (χ1v) is 13.7. The third-order valence-corrected chi connectivity index (χ3v) is 7.24. The van der Waals surface area contributed by atoms with E-state index in [-0.39, 0.29) is 12.5 Å². The second-order valence-corrected chi connectivity index (χ2v) is 10.7. The Bertz CT molecular complexity index is 1110. The Labute approximate surface area is 212 Å². The van der Waals surface area contributed by atoms with Crippen molar-refractivity contribution in [3.63, 3.8) is 0 Å². The van der Waals surface area contributed by atoms with Crippen LogP contribution in [-0.4, -0.2) is 50.5 Å². The van der Waals surface area contributed by atoms with Crippen molar-refractivity contribution in [2.24, 2.45) is 0 Å². The maximum atomic E-state index is 13.5. The number of rotatable bonds is 11. The van der Waals surface area contributed by atoms with Crippen LogP contribution in [0.2, 0.25) is 10.0 Å². The molecule has 1 N–H and O–H groups in total. The van der Waals surface area contributed by atoms with E-state index in [9.17, 15) is 18.0 Å². The predicted octanol–water partition coefficient (Wildman–Crippen LogP) is 4.27. The third kappa shape index (κ3) is 7.61. The number of aryl methyl sites for hydroxylation is 1. The summed E-state index contributed by atoms with van der Waals surface area (Å²) < 4.78 is 26.2. The number of nitrogens with zero attached hydrogens (tertiary/aromatic N) is 2. The summed E-state index contributed by atoms with van der Waals surface area (Å²) >= 11 is 12.1. The zero-order chi connectivity index (χ0) is 25.5. The molecule has 0 aliphatic rings. The minimum atomic E-state index is -3.76. The topological polar surface area (TPSA) is 86.8 Å². The van der Waals surface area contributed by atoms with E-state index in [2.05, 4.69) is 5.32 Å². The largest absolute Gasteiger partial charge is 0.354 e. The summed E-state index contributed by atoms with van der Waals surface area (Å²) in [6, 6.07) is 11.1. The van der Waals surface area contributed by atoms with E-state index in [1.54, 1.807) is 37.3 Å². The molecule has 0 aliphatic heterocycles. The molecule has 34 heavy (non-hydrogen) atoms. The smallest absolute Gasteiger partial charge is 0.244 e. The van der Waals surface area contributed by atoms with Crippen LogP contribution in [0.4, 0.5) is 5.69 Å². The van der Waals surface area contributed by atoms with E-state index in [0.29, 0.717) is 27.8 Å². The van der Waals surface area contributed by atoms with Crippen LogP contribution in [0.3, 0.4) is 0 Å². The van der Waals surface area contributed by atoms with Gasteiger partial charge in [0.1, 0.15) is 12.6 Å². The van der Waals surface area contributed by atoms with E-state index in [0.717, 1.165) is 29.0 Å². The Morgan fingerprint density at radius 2 is 1.62 bits per heavy atom. The van der Waals surface area contributed by atoms with Gasteiger partial charge in [-0.2, -0.15) is 0 Å². The van der Waals surface area contributed by atoms with Crippen molar-refractivity contribution in [3.8, 4) is 0 Å². The van der Waals surface area contributed by atoms with Crippen molar-refractivity contribution in [1.29, 1.82) is 0 Å². The van der Waals surface area contributed by atoms with E-state index in [1.165, 1.54) is 4.90 Å². The lowest BCUT2D eigenvalue weighted by Gasteiger charge is -2.31. The highest BCUT2D eigenvalue weighted by Gasteiger charge is 2.30. The molecular formula is C24H31Cl2N3O4S. The number of carbonyl (C=O) groups excluding carboxylic acids is 2. The van der Waals surface area contributed by atoms with Crippen LogP contribution in [-0.2, 0) is 32.6 Å². The average Bonchev–Trinajstić information content (AvgIpc) is 2.80. The lowest BCUT2D eigenvalue weighted by Crippen LogP contribution is -2.51.